The molecule has 1 rings (SSSR count). The van der Waals surface area contributed by atoms with Crippen LogP contribution < -0.4 is 5.32 Å². The van der Waals surface area contributed by atoms with Crippen molar-refractivity contribution >= 4 is 17.8 Å². The second kappa shape index (κ2) is 4.31. The van der Waals surface area contributed by atoms with Gasteiger partial charge in [0.2, 0.25) is 0 Å². The van der Waals surface area contributed by atoms with Crippen molar-refractivity contribution in [2.24, 2.45) is 0 Å². The Morgan fingerprint density at radius 3 is 3.17 bits per heavy atom. The van der Waals surface area contributed by atoms with Gasteiger partial charge in [-0.1, -0.05) is 6.07 Å². The van der Waals surface area contributed by atoms with Gasteiger partial charge in [-0.2, -0.15) is 0 Å². The number of aromatic nitrogens is 1. The minimum atomic E-state index is 0.628. The van der Waals surface area contributed by atoms with Crippen molar-refractivity contribution in [1.29, 1.82) is 0 Å². The summed E-state index contributed by atoms with van der Waals surface area (Å²) < 4.78 is 0. The lowest BCUT2D eigenvalue weighted by molar-refractivity contribution is 0.570. The summed E-state index contributed by atoms with van der Waals surface area (Å²) in [4.78, 5) is 14.1. The van der Waals surface area contributed by atoms with E-state index in [0.29, 0.717) is 5.69 Å². The summed E-state index contributed by atoms with van der Waals surface area (Å²) in [6, 6.07) is 5.45. The van der Waals surface area contributed by atoms with Crippen LogP contribution in [-0.4, -0.2) is 17.5 Å². The molecule has 0 fully saturated rings. The number of rotatable bonds is 3. The normalized spacial score (nSPS) is 8.75. The molecule has 0 spiro atoms. The average Bonchev–Trinajstić information content (AvgIpc) is 2.06. The summed E-state index contributed by atoms with van der Waals surface area (Å²) in [7, 11) is 0. The van der Waals surface area contributed by atoms with E-state index in [1.165, 1.54) is 6.08 Å². The minimum absolute atomic E-state index is 0.628. The van der Waals surface area contributed by atoms with Crippen LogP contribution in [0.3, 0.4) is 0 Å². The van der Waals surface area contributed by atoms with Crippen LogP contribution in [0.4, 0.5) is 5.82 Å². The summed E-state index contributed by atoms with van der Waals surface area (Å²) in [6.45, 7) is 2.81. The zero-order chi connectivity index (χ0) is 8.81. The fourth-order valence-electron chi connectivity index (χ4n) is 0.872. The Kier molecular flexibility index (Phi) is 3.05. The van der Waals surface area contributed by atoms with E-state index in [2.05, 4.69) is 10.3 Å². The lowest BCUT2D eigenvalue weighted by atomic mass is 10.3. The highest BCUT2D eigenvalue weighted by atomic mass is 16.1. The van der Waals surface area contributed by atoms with Crippen molar-refractivity contribution in [1.82, 2.24) is 4.98 Å². The first-order chi connectivity index (χ1) is 5.86. The van der Waals surface area contributed by atoms with E-state index in [4.69, 9.17) is 0 Å². The molecule has 0 aliphatic heterocycles. The van der Waals surface area contributed by atoms with Crippen LogP contribution in [-0.2, 0) is 4.79 Å². The number of anilines is 1. The van der Waals surface area contributed by atoms with Crippen LogP contribution in [0, 0.1) is 0 Å². The highest BCUT2D eigenvalue weighted by Crippen LogP contribution is 2.04. The first kappa shape index (κ1) is 8.50. The largest absolute Gasteiger partial charge is 0.370 e. The number of hydrogen-bond donors (Lipinski definition) is 1. The molecule has 3 nitrogen and oxygen atoms in total. The maximum absolute atomic E-state index is 10.0. The molecular formula is C9H10N2O. The fourth-order valence-corrected chi connectivity index (χ4v) is 0.872. The maximum Gasteiger partial charge on any atom is 0.126 e. The topological polar surface area (TPSA) is 42.0 Å². The monoisotopic (exact) mass is 162 g/mol. The van der Waals surface area contributed by atoms with Gasteiger partial charge in [0, 0.05) is 12.6 Å². The Labute approximate surface area is 71.1 Å². The van der Waals surface area contributed by atoms with Gasteiger partial charge in [-0.05, 0) is 19.1 Å². The van der Waals surface area contributed by atoms with Gasteiger partial charge in [-0.15, -0.1) is 0 Å². The zero-order valence-corrected chi connectivity index (χ0v) is 6.87. The van der Waals surface area contributed by atoms with Crippen molar-refractivity contribution < 1.29 is 4.79 Å². The van der Waals surface area contributed by atoms with Crippen LogP contribution in [0.5, 0.6) is 0 Å². The SMILES string of the molecule is CCNc1cccc(C=C=O)n1. The third-order valence-electron chi connectivity index (χ3n) is 1.34. The van der Waals surface area contributed by atoms with Crippen LogP contribution in [0.2, 0.25) is 0 Å². The van der Waals surface area contributed by atoms with Crippen LogP contribution >= 0.6 is 0 Å². The number of pyridine rings is 1. The van der Waals surface area contributed by atoms with Crippen molar-refractivity contribution in [3.05, 3.63) is 23.9 Å². The molecule has 0 radical (unpaired) electrons. The van der Waals surface area contributed by atoms with Crippen LogP contribution in [0.15, 0.2) is 18.2 Å². The average molecular weight is 162 g/mol. The van der Waals surface area contributed by atoms with Crippen LogP contribution in [0.1, 0.15) is 12.6 Å². The summed E-state index contributed by atoms with van der Waals surface area (Å²) in [6.07, 6.45) is 1.31. The standard InChI is InChI=1S/C9H10N2O/c1-2-10-9-5-3-4-8(11-9)6-7-12/h3-6H,2H2,1H3,(H,10,11). The molecule has 0 aromatic carbocycles. The fraction of sp³-hybridized carbons (Fsp3) is 0.222. The van der Waals surface area contributed by atoms with E-state index in [9.17, 15) is 4.79 Å². The molecule has 0 unspecified atom stereocenters. The number of hydrogen-bond acceptors (Lipinski definition) is 3. The number of nitrogens with one attached hydrogen (secondary N) is 1. The minimum Gasteiger partial charge on any atom is -0.370 e. The highest BCUT2D eigenvalue weighted by Gasteiger charge is 1.91. The predicted octanol–water partition coefficient (Wildman–Crippen LogP) is 1.36. The second-order valence-electron chi connectivity index (χ2n) is 2.24. The van der Waals surface area contributed by atoms with Crippen molar-refractivity contribution in [3.63, 3.8) is 0 Å². The predicted molar refractivity (Wildman–Crippen MR) is 48.6 cm³/mol. The molecule has 1 N–H and O–H groups in total. The first-order valence-electron chi connectivity index (χ1n) is 3.78. The van der Waals surface area contributed by atoms with Crippen LogP contribution in [0.25, 0.3) is 6.08 Å². The van der Waals surface area contributed by atoms with Gasteiger partial charge in [0.15, 0.2) is 0 Å². The Hall–Kier alpha value is -1.60. The van der Waals surface area contributed by atoms with Gasteiger partial charge < -0.3 is 5.32 Å². The molecule has 0 saturated heterocycles. The second-order valence-corrected chi connectivity index (χ2v) is 2.24. The quantitative estimate of drug-likeness (QED) is 0.682. The lowest BCUT2D eigenvalue weighted by Crippen LogP contribution is -1.99. The molecule has 62 valence electrons. The van der Waals surface area contributed by atoms with E-state index >= 15 is 0 Å². The third-order valence-corrected chi connectivity index (χ3v) is 1.34. The Morgan fingerprint density at radius 1 is 1.67 bits per heavy atom. The summed E-state index contributed by atoms with van der Waals surface area (Å²) in [5, 5.41) is 3.05. The smallest absolute Gasteiger partial charge is 0.126 e. The molecule has 0 amide bonds. The summed E-state index contributed by atoms with van der Waals surface area (Å²) in [5.74, 6) is 2.47. The molecule has 1 aromatic rings. The Bertz CT molecular complexity index is 303. The lowest BCUT2D eigenvalue weighted by Gasteiger charge is -2.00. The molecule has 0 atom stereocenters. The Morgan fingerprint density at radius 2 is 2.50 bits per heavy atom. The molecule has 0 saturated carbocycles. The Balaban J connectivity index is 2.87. The molecule has 1 aromatic heterocycles. The highest BCUT2D eigenvalue weighted by molar-refractivity contribution is 5.73. The van der Waals surface area contributed by atoms with E-state index in [0.717, 1.165) is 12.4 Å². The van der Waals surface area contributed by atoms with Crippen molar-refractivity contribution in [3.8, 4) is 0 Å². The molecule has 0 aliphatic carbocycles. The van der Waals surface area contributed by atoms with E-state index in [-0.39, 0.29) is 0 Å². The summed E-state index contributed by atoms with van der Waals surface area (Å²) in [5.41, 5.74) is 0.628. The molecule has 3 heteroatoms. The molecule has 0 aliphatic rings. The van der Waals surface area contributed by atoms with Crippen molar-refractivity contribution in [2.75, 3.05) is 11.9 Å². The van der Waals surface area contributed by atoms with Gasteiger partial charge in [-0.3, -0.25) is 0 Å². The van der Waals surface area contributed by atoms with Gasteiger partial charge in [0.05, 0.1) is 5.69 Å². The molecular weight excluding hydrogens is 152 g/mol. The number of carbonyl (C=O) groups excluding carboxylic acids is 1. The van der Waals surface area contributed by atoms with Gasteiger partial charge in [-0.25, -0.2) is 9.78 Å². The van der Waals surface area contributed by atoms with Gasteiger partial charge in [0.25, 0.3) is 0 Å². The van der Waals surface area contributed by atoms with E-state index < -0.39 is 0 Å². The van der Waals surface area contributed by atoms with E-state index in [1.807, 2.05) is 19.1 Å². The zero-order valence-electron chi connectivity index (χ0n) is 6.87. The van der Waals surface area contributed by atoms with Crippen molar-refractivity contribution in [2.45, 2.75) is 6.92 Å². The van der Waals surface area contributed by atoms with Gasteiger partial charge >= 0.3 is 0 Å². The van der Waals surface area contributed by atoms with Gasteiger partial charge in [0.1, 0.15) is 11.8 Å². The molecule has 1 heterocycles. The summed E-state index contributed by atoms with van der Waals surface area (Å²) >= 11 is 0. The third kappa shape index (κ3) is 2.22. The maximum atomic E-state index is 10.0. The first-order valence-corrected chi connectivity index (χ1v) is 3.78. The van der Waals surface area contributed by atoms with E-state index in [1.54, 1.807) is 12.0 Å². The molecule has 0 bridgehead atoms. The molecule has 12 heavy (non-hydrogen) atoms. The number of nitrogens with zero attached hydrogens (tertiary/aromatic N) is 1.